The quantitative estimate of drug-likeness (QED) is 0.803. The summed E-state index contributed by atoms with van der Waals surface area (Å²) in [7, 11) is 1.71. The number of rotatable bonds is 4. The van der Waals surface area contributed by atoms with Crippen molar-refractivity contribution < 1.29 is 9.84 Å². The van der Waals surface area contributed by atoms with Crippen LogP contribution in [0.15, 0.2) is 24.3 Å². The molecular weight excluding hydrogens is 202 g/mol. The topological polar surface area (TPSA) is 41.5 Å². The van der Waals surface area contributed by atoms with Gasteiger partial charge in [-0.1, -0.05) is 18.2 Å². The molecule has 0 saturated carbocycles. The molecule has 1 aliphatic heterocycles. The van der Waals surface area contributed by atoms with Crippen LogP contribution < -0.4 is 10.1 Å². The second kappa shape index (κ2) is 5.32. The molecule has 1 aliphatic rings. The van der Waals surface area contributed by atoms with E-state index in [-0.39, 0.29) is 12.6 Å². The first-order valence-corrected chi connectivity index (χ1v) is 5.79. The number of methoxy groups -OCH3 is 1. The van der Waals surface area contributed by atoms with Crippen molar-refractivity contribution in [3.63, 3.8) is 0 Å². The highest BCUT2D eigenvalue weighted by Crippen LogP contribution is 2.24. The standard InChI is InChI=1S/C13H19NO2/c1-16-13-5-3-2-4-11(13)6-10-7-12(9-15)14-8-10/h2-5,10,12,14-15H,6-9H2,1H3. The predicted octanol–water partition coefficient (Wildman–Crippen LogP) is 1.21. The molecule has 0 aliphatic carbocycles. The van der Waals surface area contributed by atoms with Gasteiger partial charge < -0.3 is 15.2 Å². The second-order valence-corrected chi connectivity index (χ2v) is 4.41. The first-order chi connectivity index (χ1) is 7.83. The van der Waals surface area contributed by atoms with E-state index < -0.39 is 0 Å². The molecule has 16 heavy (non-hydrogen) atoms. The monoisotopic (exact) mass is 221 g/mol. The molecule has 3 heteroatoms. The Morgan fingerprint density at radius 1 is 1.44 bits per heavy atom. The average molecular weight is 221 g/mol. The van der Waals surface area contributed by atoms with Crippen LogP contribution in [0.4, 0.5) is 0 Å². The number of ether oxygens (including phenoxy) is 1. The maximum absolute atomic E-state index is 9.06. The normalized spacial score (nSPS) is 24.6. The van der Waals surface area contributed by atoms with Crippen molar-refractivity contribution in [2.24, 2.45) is 5.92 Å². The van der Waals surface area contributed by atoms with Crippen LogP contribution in [0, 0.1) is 5.92 Å². The summed E-state index contributed by atoms with van der Waals surface area (Å²) in [5, 5.41) is 12.4. The molecule has 0 amide bonds. The fraction of sp³-hybridized carbons (Fsp3) is 0.538. The van der Waals surface area contributed by atoms with Gasteiger partial charge in [-0.25, -0.2) is 0 Å². The number of benzene rings is 1. The maximum Gasteiger partial charge on any atom is 0.122 e. The summed E-state index contributed by atoms with van der Waals surface area (Å²) in [6.07, 6.45) is 2.07. The van der Waals surface area contributed by atoms with Gasteiger partial charge in [0.25, 0.3) is 0 Å². The van der Waals surface area contributed by atoms with E-state index in [1.54, 1.807) is 7.11 Å². The smallest absolute Gasteiger partial charge is 0.122 e. The molecular formula is C13H19NO2. The van der Waals surface area contributed by atoms with Crippen molar-refractivity contribution in [3.05, 3.63) is 29.8 Å². The van der Waals surface area contributed by atoms with Crippen LogP contribution in [0.5, 0.6) is 5.75 Å². The molecule has 0 radical (unpaired) electrons. The molecule has 2 unspecified atom stereocenters. The molecule has 3 nitrogen and oxygen atoms in total. The van der Waals surface area contributed by atoms with Crippen LogP contribution in [0.1, 0.15) is 12.0 Å². The Bertz CT molecular complexity index is 340. The summed E-state index contributed by atoms with van der Waals surface area (Å²) in [5.41, 5.74) is 1.26. The Morgan fingerprint density at radius 3 is 2.94 bits per heavy atom. The summed E-state index contributed by atoms with van der Waals surface area (Å²) in [5.74, 6) is 1.57. The molecule has 2 atom stereocenters. The average Bonchev–Trinajstić information content (AvgIpc) is 2.77. The first kappa shape index (κ1) is 11.4. The van der Waals surface area contributed by atoms with Gasteiger partial charge in [0.05, 0.1) is 13.7 Å². The number of hydrogen-bond acceptors (Lipinski definition) is 3. The van der Waals surface area contributed by atoms with Crippen LogP contribution in [0.3, 0.4) is 0 Å². The lowest BCUT2D eigenvalue weighted by Gasteiger charge is -2.12. The van der Waals surface area contributed by atoms with Crippen molar-refractivity contribution in [3.8, 4) is 5.75 Å². The van der Waals surface area contributed by atoms with Gasteiger partial charge in [0.15, 0.2) is 0 Å². The molecule has 1 fully saturated rings. The molecule has 0 spiro atoms. The van der Waals surface area contributed by atoms with Crippen LogP contribution >= 0.6 is 0 Å². The summed E-state index contributed by atoms with van der Waals surface area (Å²) in [4.78, 5) is 0. The fourth-order valence-corrected chi connectivity index (χ4v) is 2.38. The molecule has 1 saturated heterocycles. The summed E-state index contributed by atoms with van der Waals surface area (Å²) in [6.45, 7) is 1.23. The van der Waals surface area contributed by atoms with Gasteiger partial charge in [-0.2, -0.15) is 0 Å². The highest BCUT2D eigenvalue weighted by Gasteiger charge is 2.24. The zero-order valence-electron chi connectivity index (χ0n) is 9.65. The third-order valence-corrected chi connectivity index (χ3v) is 3.23. The fourth-order valence-electron chi connectivity index (χ4n) is 2.38. The van der Waals surface area contributed by atoms with Gasteiger partial charge in [0.2, 0.25) is 0 Å². The molecule has 0 bridgehead atoms. The first-order valence-electron chi connectivity index (χ1n) is 5.79. The summed E-state index contributed by atoms with van der Waals surface area (Å²) in [6, 6.07) is 8.43. The number of nitrogens with one attached hydrogen (secondary N) is 1. The van der Waals surface area contributed by atoms with Crippen LogP contribution in [-0.4, -0.2) is 31.4 Å². The number of aliphatic hydroxyl groups excluding tert-OH is 1. The predicted molar refractivity (Wildman–Crippen MR) is 63.7 cm³/mol. The van der Waals surface area contributed by atoms with E-state index in [9.17, 15) is 0 Å². The maximum atomic E-state index is 9.06. The van der Waals surface area contributed by atoms with Gasteiger partial charge in [0, 0.05) is 6.04 Å². The van der Waals surface area contributed by atoms with E-state index in [4.69, 9.17) is 9.84 Å². The Kier molecular flexibility index (Phi) is 3.80. The summed E-state index contributed by atoms with van der Waals surface area (Å²) >= 11 is 0. The van der Waals surface area contributed by atoms with E-state index in [1.807, 2.05) is 18.2 Å². The zero-order valence-corrected chi connectivity index (χ0v) is 9.65. The molecule has 1 aromatic rings. The lowest BCUT2D eigenvalue weighted by molar-refractivity contribution is 0.252. The van der Waals surface area contributed by atoms with Crippen molar-refractivity contribution >= 4 is 0 Å². The number of aliphatic hydroxyl groups is 1. The molecule has 2 rings (SSSR count). The van der Waals surface area contributed by atoms with E-state index in [0.29, 0.717) is 5.92 Å². The molecule has 0 aromatic heterocycles. The van der Waals surface area contributed by atoms with Crippen molar-refractivity contribution in [2.75, 3.05) is 20.3 Å². The lowest BCUT2D eigenvalue weighted by atomic mass is 9.96. The van der Waals surface area contributed by atoms with Crippen LogP contribution in [-0.2, 0) is 6.42 Å². The van der Waals surface area contributed by atoms with Crippen LogP contribution in [0.2, 0.25) is 0 Å². The Balaban J connectivity index is 1.99. The van der Waals surface area contributed by atoms with Crippen molar-refractivity contribution in [1.82, 2.24) is 5.32 Å². The van der Waals surface area contributed by atoms with Crippen molar-refractivity contribution in [2.45, 2.75) is 18.9 Å². The Hall–Kier alpha value is -1.06. The van der Waals surface area contributed by atoms with Gasteiger partial charge in [0.1, 0.15) is 5.75 Å². The van der Waals surface area contributed by atoms with Gasteiger partial charge in [-0.3, -0.25) is 0 Å². The Morgan fingerprint density at radius 2 is 2.25 bits per heavy atom. The minimum absolute atomic E-state index is 0.239. The zero-order chi connectivity index (χ0) is 11.4. The van der Waals surface area contributed by atoms with E-state index in [1.165, 1.54) is 5.56 Å². The van der Waals surface area contributed by atoms with E-state index in [0.717, 1.165) is 25.1 Å². The lowest BCUT2D eigenvalue weighted by Crippen LogP contribution is -2.24. The molecule has 2 N–H and O–H groups in total. The second-order valence-electron chi connectivity index (χ2n) is 4.41. The van der Waals surface area contributed by atoms with Gasteiger partial charge >= 0.3 is 0 Å². The van der Waals surface area contributed by atoms with Gasteiger partial charge in [-0.05, 0) is 36.9 Å². The summed E-state index contributed by atoms with van der Waals surface area (Å²) < 4.78 is 5.34. The molecule has 88 valence electrons. The number of hydrogen-bond donors (Lipinski definition) is 2. The minimum Gasteiger partial charge on any atom is -0.496 e. The minimum atomic E-state index is 0.239. The molecule has 1 aromatic carbocycles. The molecule has 1 heterocycles. The Labute approximate surface area is 96.4 Å². The third-order valence-electron chi connectivity index (χ3n) is 3.23. The van der Waals surface area contributed by atoms with E-state index >= 15 is 0 Å². The SMILES string of the molecule is COc1ccccc1CC1CNC(CO)C1. The van der Waals surface area contributed by atoms with Crippen molar-refractivity contribution in [1.29, 1.82) is 0 Å². The van der Waals surface area contributed by atoms with Gasteiger partial charge in [-0.15, -0.1) is 0 Å². The largest absolute Gasteiger partial charge is 0.496 e. The number of para-hydroxylation sites is 1. The highest BCUT2D eigenvalue weighted by atomic mass is 16.5. The highest BCUT2D eigenvalue weighted by molar-refractivity contribution is 5.33. The third kappa shape index (κ3) is 2.54. The van der Waals surface area contributed by atoms with Crippen LogP contribution in [0.25, 0.3) is 0 Å². The van der Waals surface area contributed by atoms with E-state index in [2.05, 4.69) is 11.4 Å².